The Morgan fingerprint density at radius 2 is 2.05 bits per heavy atom. The number of methoxy groups -OCH3 is 2. The molecule has 0 saturated carbocycles. The van der Waals surface area contributed by atoms with E-state index in [1.165, 1.54) is 5.56 Å². The van der Waals surface area contributed by atoms with Gasteiger partial charge in [0.2, 0.25) is 0 Å². The van der Waals surface area contributed by atoms with Gasteiger partial charge in [-0.1, -0.05) is 13.0 Å². The lowest BCUT2D eigenvalue weighted by atomic mass is 9.75. The van der Waals surface area contributed by atoms with E-state index in [4.69, 9.17) is 14.2 Å². The maximum absolute atomic E-state index is 5.87. The SMILES string of the molecule is CC[C@H](c1ccc(OC)cc1OC)[C@H]1CCOC(C)(C)C1. The average molecular weight is 292 g/mol. The number of ether oxygens (including phenoxy) is 3. The predicted molar refractivity (Wildman–Crippen MR) is 85.3 cm³/mol. The Labute approximate surface area is 128 Å². The Morgan fingerprint density at radius 1 is 1.29 bits per heavy atom. The maximum atomic E-state index is 5.87. The van der Waals surface area contributed by atoms with Crippen molar-refractivity contribution in [3.63, 3.8) is 0 Å². The largest absolute Gasteiger partial charge is 0.497 e. The van der Waals surface area contributed by atoms with Gasteiger partial charge in [0, 0.05) is 12.7 Å². The highest BCUT2D eigenvalue weighted by Crippen LogP contribution is 2.43. The molecule has 0 radical (unpaired) electrons. The molecule has 2 atom stereocenters. The van der Waals surface area contributed by atoms with E-state index in [9.17, 15) is 0 Å². The van der Waals surface area contributed by atoms with Crippen LogP contribution in [0, 0.1) is 5.92 Å². The summed E-state index contributed by atoms with van der Waals surface area (Å²) in [4.78, 5) is 0. The molecule has 2 rings (SSSR count). The van der Waals surface area contributed by atoms with Crippen molar-refractivity contribution in [3.05, 3.63) is 23.8 Å². The van der Waals surface area contributed by atoms with Gasteiger partial charge in [-0.05, 0) is 56.6 Å². The molecule has 1 heterocycles. The third-order valence-corrected chi connectivity index (χ3v) is 4.58. The van der Waals surface area contributed by atoms with Crippen LogP contribution in [-0.2, 0) is 4.74 Å². The molecule has 1 aromatic carbocycles. The van der Waals surface area contributed by atoms with E-state index >= 15 is 0 Å². The molecule has 0 aromatic heterocycles. The van der Waals surface area contributed by atoms with E-state index in [-0.39, 0.29) is 5.60 Å². The second kappa shape index (κ2) is 6.69. The van der Waals surface area contributed by atoms with Crippen LogP contribution in [0.15, 0.2) is 18.2 Å². The molecule has 1 aromatic rings. The lowest BCUT2D eigenvalue weighted by Gasteiger charge is -2.39. The summed E-state index contributed by atoms with van der Waals surface area (Å²) >= 11 is 0. The van der Waals surface area contributed by atoms with Gasteiger partial charge >= 0.3 is 0 Å². The zero-order valence-corrected chi connectivity index (χ0v) is 13.9. The second-order valence-electron chi connectivity index (χ2n) is 6.48. The molecule has 0 bridgehead atoms. The van der Waals surface area contributed by atoms with Crippen LogP contribution in [-0.4, -0.2) is 26.4 Å². The van der Waals surface area contributed by atoms with E-state index in [2.05, 4.69) is 26.8 Å². The van der Waals surface area contributed by atoms with Crippen molar-refractivity contribution in [1.29, 1.82) is 0 Å². The van der Waals surface area contributed by atoms with E-state index in [0.717, 1.165) is 37.4 Å². The van der Waals surface area contributed by atoms with Gasteiger partial charge in [0.1, 0.15) is 11.5 Å². The van der Waals surface area contributed by atoms with Crippen molar-refractivity contribution >= 4 is 0 Å². The van der Waals surface area contributed by atoms with Crippen LogP contribution < -0.4 is 9.47 Å². The van der Waals surface area contributed by atoms with Crippen LogP contribution in [0.4, 0.5) is 0 Å². The monoisotopic (exact) mass is 292 g/mol. The maximum Gasteiger partial charge on any atom is 0.126 e. The molecule has 1 fully saturated rings. The Morgan fingerprint density at radius 3 is 2.62 bits per heavy atom. The van der Waals surface area contributed by atoms with Crippen LogP contribution in [0.2, 0.25) is 0 Å². The first-order chi connectivity index (χ1) is 10.0. The van der Waals surface area contributed by atoms with Gasteiger partial charge in [-0.15, -0.1) is 0 Å². The van der Waals surface area contributed by atoms with E-state index in [1.807, 2.05) is 12.1 Å². The van der Waals surface area contributed by atoms with E-state index in [1.54, 1.807) is 14.2 Å². The minimum absolute atomic E-state index is 0.0178. The summed E-state index contributed by atoms with van der Waals surface area (Å²) in [6.45, 7) is 7.50. The lowest BCUT2D eigenvalue weighted by molar-refractivity contribution is -0.0770. The summed E-state index contributed by atoms with van der Waals surface area (Å²) in [6.07, 6.45) is 3.33. The summed E-state index contributed by atoms with van der Waals surface area (Å²) < 4.78 is 16.8. The molecular formula is C18H28O3. The van der Waals surface area contributed by atoms with Crippen LogP contribution in [0.25, 0.3) is 0 Å². The quantitative estimate of drug-likeness (QED) is 0.805. The third kappa shape index (κ3) is 3.70. The molecule has 118 valence electrons. The van der Waals surface area contributed by atoms with Crippen molar-refractivity contribution in [2.45, 2.75) is 51.6 Å². The van der Waals surface area contributed by atoms with Gasteiger partial charge < -0.3 is 14.2 Å². The van der Waals surface area contributed by atoms with Crippen LogP contribution in [0.3, 0.4) is 0 Å². The zero-order valence-electron chi connectivity index (χ0n) is 13.9. The normalized spacial score (nSPS) is 22.6. The smallest absolute Gasteiger partial charge is 0.126 e. The van der Waals surface area contributed by atoms with E-state index < -0.39 is 0 Å². The summed E-state index contributed by atoms with van der Waals surface area (Å²) in [5.74, 6) is 2.93. The molecule has 1 aliphatic rings. The summed E-state index contributed by atoms with van der Waals surface area (Å²) in [6, 6.07) is 6.18. The van der Waals surface area contributed by atoms with Gasteiger partial charge in [0.25, 0.3) is 0 Å². The molecule has 3 nitrogen and oxygen atoms in total. The number of rotatable bonds is 5. The standard InChI is InChI=1S/C18H28O3/c1-6-15(13-9-10-21-18(2,3)12-13)16-8-7-14(19-4)11-17(16)20-5/h7-8,11,13,15H,6,9-10,12H2,1-5H3/t13-,15-/m0/s1. The fraction of sp³-hybridized carbons (Fsp3) is 0.667. The zero-order chi connectivity index (χ0) is 15.5. The highest BCUT2D eigenvalue weighted by Gasteiger charge is 2.34. The topological polar surface area (TPSA) is 27.7 Å². The van der Waals surface area contributed by atoms with Gasteiger partial charge in [-0.3, -0.25) is 0 Å². The molecule has 0 aliphatic carbocycles. The predicted octanol–water partition coefficient (Wildman–Crippen LogP) is 4.40. The summed E-state index contributed by atoms with van der Waals surface area (Å²) in [5.41, 5.74) is 1.28. The van der Waals surface area contributed by atoms with Crippen LogP contribution in [0.5, 0.6) is 11.5 Å². The fourth-order valence-electron chi connectivity index (χ4n) is 3.55. The van der Waals surface area contributed by atoms with Gasteiger partial charge in [0.05, 0.1) is 19.8 Å². The molecule has 1 aliphatic heterocycles. The van der Waals surface area contributed by atoms with Gasteiger partial charge in [-0.2, -0.15) is 0 Å². The number of hydrogen-bond donors (Lipinski definition) is 0. The first-order valence-electron chi connectivity index (χ1n) is 7.86. The van der Waals surface area contributed by atoms with Gasteiger partial charge in [0.15, 0.2) is 0 Å². The van der Waals surface area contributed by atoms with Crippen LogP contribution >= 0.6 is 0 Å². The Bertz CT molecular complexity index is 468. The fourth-order valence-corrected chi connectivity index (χ4v) is 3.55. The third-order valence-electron chi connectivity index (χ3n) is 4.58. The number of hydrogen-bond acceptors (Lipinski definition) is 3. The molecule has 0 unspecified atom stereocenters. The second-order valence-corrected chi connectivity index (χ2v) is 6.48. The van der Waals surface area contributed by atoms with Crippen molar-refractivity contribution in [2.75, 3.05) is 20.8 Å². The van der Waals surface area contributed by atoms with E-state index in [0.29, 0.717) is 11.8 Å². The summed E-state index contributed by atoms with van der Waals surface area (Å²) in [5, 5.41) is 0. The first-order valence-corrected chi connectivity index (χ1v) is 7.86. The Kier molecular flexibility index (Phi) is 5.15. The van der Waals surface area contributed by atoms with Crippen molar-refractivity contribution in [3.8, 4) is 11.5 Å². The molecule has 21 heavy (non-hydrogen) atoms. The highest BCUT2D eigenvalue weighted by atomic mass is 16.5. The summed E-state index contributed by atoms with van der Waals surface area (Å²) in [7, 11) is 3.42. The molecule has 0 amide bonds. The Balaban J connectivity index is 2.28. The molecule has 3 heteroatoms. The average Bonchev–Trinajstić information content (AvgIpc) is 2.47. The van der Waals surface area contributed by atoms with Crippen molar-refractivity contribution in [2.24, 2.45) is 5.92 Å². The van der Waals surface area contributed by atoms with Crippen molar-refractivity contribution in [1.82, 2.24) is 0 Å². The minimum atomic E-state index is -0.0178. The van der Waals surface area contributed by atoms with Crippen molar-refractivity contribution < 1.29 is 14.2 Å². The lowest BCUT2D eigenvalue weighted by Crippen LogP contribution is -2.36. The van der Waals surface area contributed by atoms with Gasteiger partial charge in [-0.25, -0.2) is 0 Å². The molecule has 1 saturated heterocycles. The minimum Gasteiger partial charge on any atom is -0.497 e. The highest BCUT2D eigenvalue weighted by molar-refractivity contribution is 5.43. The Hall–Kier alpha value is -1.22. The van der Waals surface area contributed by atoms with Crippen LogP contribution in [0.1, 0.15) is 51.5 Å². The molecule has 0 N–H and O–H groups in total. The molecule has 0 spiro atoms. The molecular weight excluding hydrogens is 264 g/mol. The first kappa shape index (κ1) is 16.2. The number of benzene rings is 1.